The molecule has 0 bridgehead atoms. The van der Waals surface area contributed by atoms with Crippen LogP contribution in [0.4, 0.5) is 4.79 Å². The molecule has 4 heterocycles. The maximum Gasteiger partial charge on any atom is 0.328 e. The quantitative estimate of drug-likeness (QED) is 0.574. The van der Waals surface area contributed by atoms with Crippen molar-refractivity contribution in [3.63, 3.8) is 0 Å². The summed E-state index contributed by atoms with van der Waals surface area (Å²) in [5, 5.41) is 11.8. The minimum atomic E-state index is -1.02. The Bertz CT molecular complexity index is 1300. The van der Waals surface area contributed by atoms with Crippen LogP contribution >= 0.6 is 11.6 Å². The molecule has 3 amide bonds. The number of amides is 3. The van der Waals surface area contributed by atoms with Gasteiger partial charge in [-0.15, -0.1) is 0 Å². The van der Waals surface area contributed by atoms with Crippen LogP contribution in [0, 0.1) is 0 Å². The number of aromatic amines is 1. The van der Waals surface area contributed by atoms with E-state index < -0.39 is 11.6 Å². The Morgan fingerprint density at radius 1 is 1.15 bits per heavy atom. The number of halogens is 1. The van der Waals surface area contributed by atoms with Crippen molar-refractivity contribution in [2.45, 2.75) is 31.3 Å². The molecule has 33 heavy (non-hydrogen) atoms. The van der Waals surface area contributed by atoms with Crippen LogP contribution < -0.4 is 0 Å². The number of imide groups is 1. The Morgan fingerprint density at radius 3 is 2.70 bits per heavy atom. The third-order valence-electron chi connectivity index (χ3n) is 7.40. The predicted molar refractivity (Wildman–Crippen MR) is 125 cm³/mol. The SMILES string of the molecule is C[C@@]12Cc3c([nH]c4ccc(Cl)cc34)[C@@H](c3cccc(O)c3)N1C(=O)N(CCN1CCC1)C2=O. The fourth-order valence-corrected chi connectivity index (χ4v) is 5.74. The van der Waals surface area contributed by atoms with Gasteiger partial charge < -0.3 is 15.0 Å². The van der Waals surface area contributed by atoms with E-state index in [9.17, 15) is 14.7 Å². The number of phenolic OH excluding ortho intramolecular Hbond substituents is 1. The average molecular weight is 465 g/mol. The number of rotatable bonds is 4. The van der Waals surface area contributed by atoms with Crippen LogP contribution in [-0.4, -0.2) is 68.4 Å². The number of hydrogen-bond acceptors (Lipinski definition) is 4. The molecule has 0 unspecified atom stereocenters. The second-order valence-electron chi connectivity index (χ2n) is 9.46. The Morgan fingerprint density at radius 2 is 1.97 bits per heavy atom. The van der Waals surface area contributed by atoms with Gasteiger partial charge in [0.05, 0.1) is 0 Å². The number of hydrogen-bond donors (Lipinski definition) is 2. The highest BCUT2D eigenvalue weighted by Gasteiger charge is 2.60. The van der Waals surface area contributed by atoms with Gasteiger partial charge in [-0.3, -0.25) is 14.6 Å². The zero-order valence-electron chi connectivity index (χ0n) is 18.3. The second-order valence-corrected chi connectivity index (χ2v) is 9.90. The second kappa shape index (κ2) is 7.23. The van der Waals surface area contributed by atoms with Crippen molar-refractivity contribution in [3.8, 4) is 5.75 Å². The summed E-state index contributed by atoms with van der Waals surface area (Å²) in [5.41, 5.74) is 2.50. The standard InChI is InChI=1S/C25H25ClN4O3/c1-25-14-19-18-13-16(26)6-7-20(18)27-21(19)22(15-4-2-5-17(31)12-15)30(25)24(33)29(23(25)32)11-10-28-8-3-9-28/h2,4-7,12-13,22,27,31H,3,8-11,14H2,1H3/t22-,25+/m1/s1. The third-order valence-corrected chi connectivity index (χ3v) is 7.64. The number of benzene rings is 2. The van der Waals surface area contributed by atoms with Crippen molar-refractivity contribution >= 4 is 34.4 Å². The van der Waals surface area contributed by atoms with E-state index in [-0.39, 0.29) is 17.7 Å². The molecule has 0 radical (unpaired) electrons. The highest BCUT2D eigenvalue weighted by Crippen LogP contribution is 2.49. The van der Waals surface area contributed by atoms with E-state index in [2.05, 4.69) is 9.88 Å². The number of fused-ring (bicyclic) bond motifs is 4. The molecule has 8 heteroatoms. The molecule has 0 saturated carbocycles. The van der Waals surface area contributed by atoms with Gasteiger partial charge in [-0.25, -0.2) is 4.79 Å². The van der Waals surface area contributed by atoms with E-state index in [1.165, 1.54) is 4.90 Å². The van der Waals surface area contributed by atoms with Gasteiger partial charge in [0.1, 0.15) is 17.3 Å². The summed E-state index contributed by atoms with van der Waals surface area (Å²) in [4.78, 5) is 36.3. The number of nitrogens with one attached hydrogen (secondary N) is 1. The summed E-state index contributed by atoms with van der Waals surface area (Å²) in [7, 11) is 0. The zero-order valence-corrected chi connectivity index (χ0v) is 19.1. The molecule has 3 aliphatic heterocycles. The number of likely N-dealkylation sites (tertiary alicyclic amines) is 1. The Balaban J connectivity index is 1.50. The summed E-state index contributed by atoms with van der Waals surface area (Å²) in [5.74, 6) is -0.0479. The van der Waals surface area contributed by atoms with E-state index in [1.54, 1.807) is 23.1 Å². The van der Waals surface area contributed by atoms with Gasteiger partial charge >= 0.3 is 6.03 Å². The van der Waals surface area contributed by atoms with Gasteiger partial charge in [-0.05, 0) is 67.9 Å². The molecule has 1 aromatic heterocycles. The maximum absolute atomic E-state index is 13.7. The minimum absolute atomic E-state index is 0.119. The van der Waals surface area contributed by atoms with Gasteiger partial charge in [-0.2, -0.15) is 0 Å². The number of carbonyl (C=O) groups is 2. The van der Waals surface area contributed by atoms with Crippen LogP contribution in [-0.2, 0) is 11.2 Å². The smallest absolute Gasteiger partial charge is 0.328 e. The molecule has 2 atom stereocenters. The molecule has 7 nitrogen and oxygen atoms in total. The molecule has 3 aromatic rings. The zero-order chi connectivity index (χ0) is 22.9. The number of H-pyrrole nitrogens is 1. The molecule has 3 aliphatic rings. The first kappa shape index (κ1) is 20.6. The highest BCUT2D eigenvalue weighted by molar-refractivity contribution is 6.31. The summed E-state index contributed by atoms with van der Waals surface area (Å²) in [6.45, 7) is 4.97. The molecule has 2 fully saturated rings. The molecule has 170 valence electrons. The third kappa shape index (κ3) is 2.99. The molecular weight excluding hydrogens is 440 g/mol. The first-order valence-corrected chi connectivity index (χ1v) is 11.7. The van der Waals surface area contributed by atoms with Crippen molar-refractivity contribution < 1.29 is 14.7 Å². The summed E-state index contributed by atoms with van der Waals surface area (Å²) >= 11 is 6.31. The lowest BCUT2D eigenvalue weighted by Gasteiger charge is -2.42. The summed E-state index contributed by atoms with van der Waals surface area (Å²) in [6.07, 6.45) is 1.57. The number of aromatic hydroxyl groups is 1. The van der Waals surface area contributed by atoms with Gasteiger partial charge in [0.15, 0.2) is 0 Å². The van der Waals surface area contributed by atoms with Crippen molar-refractivity contribution in [1.82, 2.24) is 19.7 Å². The summed E-state index contributed by atoms with van der Waals surface area (Å²) in [6, 6.07) is 11.8. The monoisotopic (exact) mass is 464 g/mol. The molecule has 6 rings (SSSR count). The van der Waals surface area contributed by atoms with Gasteiger partial charge in [0.25, 0.3) is 5.91 Å². The fraction of sp³-hybridized carbons (Fsp3) is 0.360. The minimum Gasteiger partial charge on any atom is -0.508 e. The molecule has 2 N–H and O–H groups in total. The number of aromatic nitrogens is 1. The van der Waals surface area contributed by atoms with Crippen molar-refractivity contribution in [3.05, 3.63) is 64.3 Å². The number of nitrogens with zero attached hydrogens (tertiary/aromatic N) is 3. The van der Waals surface area contributed by atoms with E-state index in [0.717, 1.165) is 47.2 Å². The largest absolute Gasteiger partial charge is 0.508 e. The topological polar surface area (TPSA) is 79.9 Å². The molecule has 0 spiro atoms. The van der Waals surface area contributed by atoms with Crippen molar-refractivity contribution in [2.24, 2.45) is 0 Å². The van der Waals surface area contributed by atoms with Crippen LogP contribution in [0.25, 0.3) is 10.9 Å². The van der Waals surface area contributed by atoms with Crippen LogP contribution in [0.1, 0.15) is 36.2 Å². The normalized spacial score (nSPS) is 24.8. The first-order chi connectivity index (χ1) is 15.9. The lowest BCUT2D eigenvalue weighted by atomic mass is 9.81. The van der Waals surface area contributed by atoms with Crippen molar-refractivity contribution in [2.75, 3.05) is 26.2 Å². The number of urea groups is 1. The van der Waals surface area contributed by atoms with Crippen molar-refractivity contribution in [1.29, 1.82) is 0 Å². The highest BCUT2D eigenvalue weighted by atomic mass is 35.5. The lowest BCUT2D eigenvalue weighted by Crippen LogP contribution is -2.53. The fourth-order valence-electron chi connectivity index (χ4n) is 5.57. The van der Waals surface area contributed by atoms with Crippen LogP contribution in [0.3, 0.4) is 0 Å². The van der Waals surface area contributed by atoms with Crippen LogP contribution in [0.2, 0.25) is 5.02 Å². The molecular formula is C25H25ClN4O3. The Kier molecular flexibility index (Phi) is 4.51. The summed E-state index contributed by atoms with van der Waals surface area (Å²) < 4.78 is 0. The van der Waals surface area contributed by atoms with Gasteiger partial charge in [0, 0.05) is 41.1 Å². The Hall–Kier alpha value is -3.03. The van der Waals surface area contributed by atoms with Crippen LogP contribution in [0.15, 0.2) is 42.5 Å². The Labute approximate surface area is 196 Å². The lowest BCUT2D eigenvalue weighted by molar-refractivity contribution is -0.133. The first-order valence-electron chi connectivity index (χ1n) is 11.3. The van der Waals surface area contributed by atoms with E-state index in [0.29, 0.717) is 24.5 Å². The van der Waals surface area contributed by atoms with E-state index in [1.807, 2.05) is 31.2 Å². The van der Waals surface area contributed by atoms with E-state index in [4.69, 9.17) is 11.6 Å². The van der Waals surface area contributed by atoms with Crippen LogP contribution in [0.5, 0.6) is 5.75 Å². The number of phenols is 1. The van der Waals surface area contributed by atoms with E-state index >= 15 is 0 Å². The number of carbonyl (C=O) groups excluding carboxylic acids is 2. The predicted octanol–water partition coefficient (Wildman–Crippen LogP) is 3.90. The molecule has 2 saturated heterocycles. The average Bonchev–Trinajstić information content (AvgIpc) is 3.18. The van der Waals surface area contributed by atoms with Gasteiger partial charge in [0.2, 0.25) is 0 Å². The molecule has 0 aliphatic carbocycles. The molecule has 2 aromatic carbocycles. The maximum atomic E-state index is 13.7. The van der Waals surface area contributed by atoms with Gasteiger partial charge in [-0.1, -0.05) is 23.7 Å².